The number of Topliss-reactive ketones (excluding diaryl/α,β-unsaturated/α-hetero) is 1. The molecule has 1 heterocycles. The number of hydrogen-bond acceptors (Lipinski definition) is 6. The second-order valence-electron chi connectivity index (χ2n) is 9.11. The van der Waals surface area contributed by atoms with E-state index in [1.165, 1.54) is 12.0 Å². The van der Waals surface area contributed by atoms with Gasteiger partial charge in [0.1, 0.15) is 12.5 Å². The van der Waals surface area contributed by atoms with E-state index in [4.69, 9.17) is 4.74 Å². The van der Waals surface area contributed by atoms with E-state index in [1.54, 1.807) is 48.5 Å². The number of amides is 2. The molecule has 1 atom stereocenters. The predicted octanol–water partition coefficient (Wildman–Crippen LogP) is 5.34. The first-order valence-corrected chi connectivity index (χ1v) is 12.3. The van der Waals surface area contributed by atoms with Crippen LogP contribution in [0.1, 0.15) is 34.3 Å². The standard InChI is InChI=1S/C29H30FN3O5/c1-20-6-3-4-7-25(20)32-28(36)31-23-12-8-21(9-13-23)18-26(34)29(30)16-5-17-33(29)19-38-24-14-10-22(11-15-24)27(35)37-2/h3-4,6-15H,5,16-19H2,1-2H3,(H2,31,32,36). The van der Waals surface area contributed by atoms with Gasteiger partial charge in [0.05, 0.1) is 12.7 Å². The van der Waals surface area contributed by atoms with E-state index in [2.05, 4.69) is 15.4 Å². The third-order valence-electron chi connectivity index (χ3n) is 6.50. The lowest BCUT2D eigenvalue weighted by Gasteiger charge is -2.29. The summed E-state index contributed by atoms with van der Waals surface area (Å²) >= 11 is 0. The molecule has 2 amide bonds. The van der Waals surface area contributed by atoms with E-state index in [0.29, 0.717) is 41.2 Å². The number of urea groups is 1. The van der Waals surface area contributed by atoms with Gasteiger partial charge in [0.25, 0.3) is 0 Å². The molecule has 0 aliphatic carbocycles. The second-order valence-corrected chi connectivity index (χ2v) is 9.11. The molecule has 0 saturated carbocycles. The molecule has 1 aliphatic heterocycles. The third-order valence-corrected chi connectivity index (χ3v) is 6.50. The number of hydrogen-bond donors (Lipinski definition) is 2. The van der Waals surface area contributed by atoms with Gasteiger partial charge in [-0.05, 0) is 66.9 Å². The SMILES string of the molecule is COC(=O)c1ccc(OCN2CCCC2(F)C(=O)Cc2ccc(NC(=O)Nc3ccccc3C)cc2)cc1. The van der Waals surface area contributed by atoms with Crippen LogP contribution in [0.4, 0.5) is 20.6 Å². The van der Waals surface area contributed by atoms with Crippen LogP contribution in [0.5, 0.6) is 5.75 Å². The summed E-state index contributed by atoms with van der Waals surface area (Å²) in [5.41, 5.74) is 3.23. The van der Waals surface area contributed by atoms with Gasteiger partial charge in [0.2, 0.25) is 5.79 Å². The molecule has 1 fully saturated rings. The van der Waals surface area contributed by atoms with Crippen molar-refractivity contribution in [2.75, 3.05) is 31.0 Å². The maximum atomic E-state index is 15.8. The van der Waals surface area contributed by atoms with Crippen LogP contribution in [0.25, 0.3) is 0 Å². The Bertz CT molecular complexity index is 1300. The summed E-state index contributed by atoms with van der Waals surface area (Å²) in [6, 6.07) is 20.1. The van der Waals surface area contributed by atoms with Crippen molar-refractivity contribution in [2.24, 2.45) is 0 Å². The van der Waals surface area contributed by atoms with Crippen LogP contribution in [-0.2, 0) is 16.0 Å². The number of esters is 1. The molecule has 38 heavy (non-hydrogen) atoms. The number of nitrogens with one attached hydrogen (secondary N) is 2. The molecule has 0 bridgehead atoms. The Morgan fingerprint density at radius 2 is 1.68 bits per heavy atom. The number of ketones is 1. The lowest BCUT2D eigenvalue weighted by molar-refractivity contribution is -0.144. The van der Waals surface area contributed by atoms with Gasteiger partial charge in [-0.2, -0.15) is 0 Å². The van der Waals surface area contributed by atoms with Crippen molar-refractivity contribution in [3.05, 3.63) is 89.5 Å². The van der Waals surface area contributed by atoms with Crippen LogP contribution in [-0.4, -0.2) is 48.9 Å². The zero-order valence-electron chi connectivity index (χ0n) is 21.3. The number of anilines is 2. The molecule has 1 aliphatic rings. The Hall–Kier alpha value is -4.24. The first-order chi connectivity index (χ1) is 18.3. The van der Waals surface area contributed by atoms with E-state index in [0.717, 1.165) is 5.56 Å². The van der Waals surface area contributed by atoms with Crippen LogP contribution >= 0.6 is 0 Å². The summed E-state index contributed by atoms with van der Waals surface area (Å²) in [5.74, 6) is -2.68. The number of methoxy groups -OCH3 is 1. The lowest BCUT2D eigenvalue weighted by Crippen LogP contribution is -2.49. The molecule has 1 saturated heterocycles. The van der Waals surface area contributed by atoms with Gasteiger partial charge in [0.15, 0.2) is 5.78 Å². The summed E-state index contributed by atoms with van der Waals surface area (Å²) in [7, 11) is 1.30. The van der Waals surface area contributed by atoms with Crippen molar-refractivity contribution in [1.29, 1.82) is 0 Å². The number of para-hydroxylation sites is 1. The van der Waals surface area contributed by atoms with Crippen LogP contribution < -0.4 is 15.4 Å². The Morgan fingerprint density at radius 1 is 0.974 bits per heavy atom. The first kappa shape index (κ1) is 26.8. The number of halogens is 1. The quantitative estimate of drug-likeness (QED) is 0.293. The van der Waals surface area contributed by atoms with E-state index in [1.807, 2.05) is 31.2 Å². The fourth-order valence-electron chi connectivity index (χ4n) is 4.30. The predicted molar refractivity (Wildman–Crippen MR) is 142 cm³/mol. The summed E-state index contributed by atoms with van der Waals surface area (Å²) in [4.78, 5) is 38.3. The van der Waals surface area contributed by atoms with Crippen molar-refractivity contribution in [1.82, 2.24) is 4.90 Å². The van der Waals surface area contributed by atoms with Gasteiger partial charge in [-0.1, -0.05) is 30.3 Å². The van der Waals surface area contributed by atoms with Gasteiger partial charge in [-0.25, -0.2) is 18.9 Å². The molecule has 4 rings (SSSR count). The molecule has 198 valence electrons. The number of ether oxygens (including phenoxy) is 2. The average Bonchev–Trinajstić information content (AvgIpc) is 3.31. The van der Waals surface area contributed by atoms with E-state index >= 15 is 4.39 Å². The highest BCUT2D eigenvalue weighted by Gasteiger charge is 2.47. The number of rotatable bonds is 9. The summed E-state index contributed by atoms with van der Waals surface area (Å²) in [6.07, 6.45) is 0.539. The van der Waals surface area contributed by atoms with Crippen LogP contribution in [0.15, 0.2) is 72.8 Å². The maximum Gasteiger partial charge on any atom is 0.337 e. The normalized spacial score (nSPS) is 17.0. The minimum Gasteiger partial charge on any atom is -0.478 e. The highest BCUT2D eigenvalue weighted by atomic mass is 19.1. The number of benzene rings is 3. The summed E-state index contributed by atoms with van der Waals surface area (Å²) in [6.45, 7) is 2.19. The van der Waals surface area contributed by atoms with Crippen molar-refractivity contribution in [2.45, 2.75) is 32.0 Å². The van der Waals surface area contributed by atoms with Gasteiger partial charge in [-0.15, -0.1) is 0 Å². The first-order valence-electron chi connectivity index (χ1n) is 12.3. The highest BCUT2D eigenvalue weighted by molar-refractivity contribution is 6.00. The van der Waals surface area contributed by atoms with Gasteiger partial charge in [0, 0.05) is 30.8 Å². The molecule has 1 unspecified atom stereocenters. The number of likely N-dealkylation sites (tertiary alicyclic amines) is 1. The molecule has 8 nitrogen and oxygen atoms in total. The molecule has 0 spiro atoms. The number of carbonyl (C=O) groups is 3. The molecule has 9 heteroatoms. The van der Waals surface area contributed by atoms with Crippen LogP contribution in [0, 0.1) is 6.92 Å². The lowest BCUT2D eigenvalue weighted by atomic mass is 9.99. The molecular weight excluding hydrogens is 489 g/mol. The number of aryl methyl sites for hydroxylation is 1. The van der Waals surface area contributed by atoms with Crippen molar-refractivity contribution >= 4 is 29.2 Å². The zero-order valence-corrected chi connectivity index (χ0v) is 21.3. The Kier molecular flexibility index (Phi) is 8.38. The van der Waals surface area contributed by atoms with Gasteiger partial charge in [-0.3, -0.25) is 4.79 Å². The van der Waals surface area contributed by atoms with Gasteiger partial charge >= 0.3 is 12.0 Å². The van der Waals surface area contributed by atoms with E-state index in [-0.39, 0.29) is 25.6 Å². The van der Waals surface area contributed by atoms with Crippen molar-refractivity contribution < 1.29 is 28.2 Å². The monoisotopic (exact) mass is 519 g/mol. The fraction of sp³-hybridized carbons (Fsp3) is 0.276. The molecule has 0 aromatic heterocycles. The smallest absolute Gasteiger partial charge is 0.337 e. The molecule has 2 N–H and O–H groups in total. The minimum atomic E-state index is -2.13. The average molecular weight is 520 g/mol. The molecular formula is C29H30FN3O5. The Morgan fingerprint density at radius 3 is 2.37 bits per heavy atom. The maximum absolute atomic E-state index is 15.8. The number of alkyl halides is 1. The molecule has 3 aromatic carbocycles. The number of nitrogens with zero attached hydrogens (tertiary/aromatic N) is 1. The van der Waals surface area contributed by atoms with E-state index in [9.17, 15) is 14.4 Å². The summed E-state index contributed by atoms with van der Waals surface area (Å²) < 4.78 is 26.2. The topological polar surface area (TPSA) is 97.0 Å². The zero-order chi connectivity index (χ0) is 27.1. The third kappa shape index (κ3) is 6.36. The van der Waals surface area contributed by atoms with Crippen LogP contribution in [0.2, 0.25) is 0 Å². The van der Waals surface area contributed by atoms with Crippen molar-refractivity contribution in [3.8, 4) is 5.75 Å². The Labute approximate surface area is 220 Å². The van der Waals surface area contributed by atoms with Crippen LogP contribution in [0.3, 0.4) is 0 Å². The highest BCUT2D eigenvalue weighted by Crippen LogP contribution is 2.33. The minimum absolute atomic E-state index is 0.0868. The van der Waals surface area contributed by atoms with Crippen molar-refractivity contribution in [3.63, 3.8) is 0 Å². The largest absolute Gasteiger partial charge is 0.478 e. The Balaban J connectivity index is 1.31. The summed E-state index contributed by atoms with van der Waals surface area (Å²) in [5, 5.41) is 5.55. The van der Waals surface area contributed by atoms with E-state index < -0.39 is 17.5 Å². The molecule has 0 radical (unpaired) electrons. The second kappa shape index (κ2) is 11.9. The molecule has 3 aromatic rings. The van der Waals surface area contributed by atoms with Gasteiger partial charge < -0.3 is 20.1 Å². The fourth-order valence-corrected chi connectivity index (χ4v) is 4.30. The number of carbonyl (C=O) groups excluding carboxylic acids is 3.